The minimum absolute atomic E-state index is 0.0179. The normalized spacial score (nSPS) is 10.5. The molecule has 1 N–H and O–H groups in total. The standard InChI is InChI=1S/C19H16FN3O2/c1-23(12-13-5-3-2-4-6-13)18-16(19(24)25)11-21-17(22-18)14-7-9-15(20)10-8-14/h2-11H,12H2,1H3,(H,24,25). The summed E-state index contributed by atoms with van der Waals surface area (Å²) >= 11 is 0. The Kier molecular flexibility index (Phi) is 4.70. The van der Waals surface area contributed by atoms with E-state index in [0.29, 0.717) is 23.8 Å². The molecule has 1 aromatic heterocycles. The second-order valence-corrected chi connectivity index (χ2v) is 5.58. The molecule has 0 unspecified atom stereocenters. The fraction of sp³-hybridized carbons (Fsp3) is 0.105. The number of carbonyl (C=O) groups is 1. The molecule has 0 fully saturated rings. The summed E-state index contributed by atoms with van der Waals surface area (Å²) in [4.78, 5) is 21.8. The lowest BCUT2D eigenvalue weighted by atomic mass is 10.2. The third-order valence-corrected chi connectivity index (χ3v) is 3.73. The van der Waals surface area contributed by atoms with E-state index in [4.69, 9.17) is 0 Å². The van der Waals surface area contributed by atoms with Crippen LogP contribution in [0.1, 0.15) is 15.9 Å². The molecule has 0 aliphatic heterocycles. The number of anilines is 1. The zero-order valence-electron chi connectivity index (χ0n) is 13.6. The van der Waals surface area contributed by atoms with Gasteiger partial charge in [-0.25, -0.2) is 19.2 Å². The number of nitrogens with zero attached hydrogens (tertiary/aromatic N) is 3. The Balaban J connectivity index is 1.98. The zero-order valence-corrected chi connectivity index (χ0v) is 13.6. The van der Waals surface area contributed by atoms with E-state index in [1.165, 1.54) is 18.3 Å². The number of hydrogen-bond acceptors (Lipinski definition) is 4. The number of carboxylic acids is 1. The highest BCUT2D eigenvalue weighted by molar-refractivity contribution is 5.93. The first-order valence-electron chi connectivity index (χ1n) is 7.66. The van der Waals surface area contributed by atoms with Crippen LogP contribution in [-0.4, -0.2) is 28.1 Å². The van der Waals surface area contributed by atoms with E-state index in [1.54, 1.807) is 24.1 Å². The van der Waals surface area contributed by atoms with Gasteiger partial charge in [-0.1, -0.05) is 30.3 Å². The Labute approximate surface area is 144 Å². The first kappa shape index (κ1) is 16.6. The Hall–Kier alpha value is -3.28. The number of aromatic nitrogens is 2. The van der Waals surface area contributed by atoms with Crippen molar-refractivity contribution in [2.75, 3.05) is 11.9 Å². The van der Waals surface area contributed by atoms with Crippen LogP contribution in [0, 0.1) is 5.82 Å². The van der Waals surface area contributed by atoms with E-state index < -0.39 is 5.97 Å². The van der Waals surface area contributed by atoms with Crippen molar-refractivity contribution in [2.45, 2.75) is 6.54 Å². The number of rotatable bonds is 5. The average molecular weight is 337 g/mol. The van der Waals surface area contributed by atoms with Crippen LogP contribution in [0.5, 0.6) is 0 Å². The molecule has 2 aromatic carbocycles. The molecule has 0 amide bonds. The first-order valence-corrected chi connectivity index (χ1v) is 7.66. The molecule has 0 aliphatic carbocycles. The number of halogens is 1. The lowest BCUT2D eigenvalue weighted by Crippen LogP contribution is -2.21. The summed E-state index contributed by atoms with van der Waals surface area (Å²) in [6.07, 6.45) is 1.28. The fourth-order valence-corrected chi connectivity index (χ4v) is 2.48. The van der Waals surface area contributed by atoms with Gasteiger partial charge in [0.25, 0.3) is 0 Å². The molecule has 25 heavy (non-hydrogen) atoms. The van der Waals surface area contributed by atoms with Crippen LogP contribution in [0.25, 0.3) is 11.4 Å². The molecule has 0 aliphatic rings. The highest BCUT2D eigenvalue weighted by Gasteiger charge is 2.18. The molecular weight excluding hydrogens is 321 g/mol. The monoisotopic (exact) mass is 337 g/mol. The van der Waals surface area contributed by atoms with Gasteiger partial charge in [0.15, 0.2) is 5.82 Å². The van der Waals surface area contributed by atoms with E-state index in [-0.39, 0.29) is 11.4 Å². The summed E-state index contributed by atoms with van der Waals surface area (Å²) < 4.78 is 13.1. The van der Waals surface area contributed by atoms with Crippen LogP contribution < -0.4 is 4.90 Å². The van der Waals surface area contributed by atoms with Crippen LogP contribution in [0.3, 0.4) is 0 Å². The van der Waals surface area contributed by atoms with Gasteiger partial charge < -0.3 is 10.0 Å². The van der Waals surface area contributed by atoms with Crippen molar-refractivity contribution < 1.29 is 14.3 Å². The van der Waals surface area contributed by atoms with Gasteiger partial charge >= 0.3 is 5.97 Å². The van der Waals surface area contributed by atoms with Gasteiger partial charge in [-0.15, -0.1) is 0 Å². The smallest absolute Gasteiger partial charge is 0.341 e. The maximum atomic E-state index is 13.1. The third kappa shape index (κ3) is 3.80. The highest BCUT2D eigenvalue weighted by atomic mass is 19.1. The quantitative estimate of drug-likeness (QED) is 0.770. The van der Waals surface area contributed by atoms with Crippen LogP contribution in [-0.2, 0) is 6.54 Å². The van der Waals surface area contributed by atoms with Gasteiger partial charge in [0.1, 0.15) is 17.2 Å². The minimum atomic E-state index is -1.10. The topological polar surface area (TPSA) is 66.3 Å². The minimum Gasteiger partial charge on any atom is -0.477 e. The van der Waals surface area contributed by atoms with E-state index in [1.807, 2.05) is 30.3 Å². The Morgan fingerprint density at radius 1 is 1.12 bits per heavy atom. The van der Waals surface area contributed by atoms with Crippen molar-refractivity contribution >= 4 is 11.8 Å². The van der Waals surface area contributed by atoms with Gasteiger partial charge in [-0.2, -0.15) is 0 Å². The predicted octanol–water partition coefficient (Wildman–Crippen LogP) is 3.62. The van der Waals surface area contributed by atoms with Crippen LogP contribution in [0.2, 0.25) is 0 Å². The summed E-state index contributed by atoms with van der Waals surface area (Å²) in [5.74, 6) is -0.793. The summed E-state index contributed by atoms with van der Waals surface area (Å²) in [5, 5.41) is 9.42. The molecule has 0 spiro atoms. The molecule has 3 aromatic rings. The molecule has 126 valence electrons. The molecule has 0 bridgehead atoms. The lowest BCUT2D eigenvalue weighted by Gasteiger charge is -2.20. The Bertz CT molecular complexity index is 883. The SMILES string of the molecule is CN(Cc1ccccc1)c1nc(-c2ccc(F)cc2)ncc1C(=O)O. The maximum Gasteiger partial charge on any atom is 0.341 e. The summed E-state index contributed by atoms with van der Waals surface area (Å²) in [6, 6.07) is 15.4. The fourth-order valence-electron chi connectivity index (χ4n) is 2.48. The maximum absolute atomic E-state index is 13.1. The van der Waals surface area contributed by atoms with Crippen LogP contribution in [0.15, 0.2) is 60.8 Å². The molecule has 3 rings (SSSR count). The Morgan fingerprint density at radius 3 is 2.44 bits per heavy atom. The zero-order chi connectivity index (χ0) is 17.8. The van der Waals surface area contributed by atoms with E-state index in [2.05, 4.69) is 9.97 Å². The number of carboxylic acid groups (broad SMARTS) is 1. The molecule has 0 radical (unpaired) electrons. The molecule has 0 saturated carbocycles. The summed E-state index contributed by atoms with van der Waals surface area (Å²) in [7, 11) is 1.77. The first-order chi connectivity index (χ1) is 12.0. The van der Waals surface area contributed by atoms with Gasteiger partial charge in [-0.05, 0) is 29.8 Å². The van der Waals surface area contributed by atoms with Gasteiger partial charge in [0.2, 0.25) is 0 Å². The van der Waals surface area contributed by atoms with Gasteiger partial charge in [0.05, 0.1) is 0 Å². The van der Waals surface area contributed by atoms with Gasteiger partial charge in [0, 0.05) is 25.4 Å². The molecular formula is C19H16FN3O2. The second-order valence-electron chi connectivity index (χ2n) is 5.58. The van der Waals surface area contributed by atoms with Crippen LogP contribution in [0.4, 0.5) is 10.2 Å². The second kappa shape index (κ2) is 7.09. The van der Waals surface area contributed by atoms with Crippen molar-refractivity contribution in [1.29, 1.82) is 0 Å². The molecule has 6 heteroatoms. The summed E-state index contributed by atoms with van der Waals surface area (Å²) in [5.41, 5.74) is 1.67. The number of hydrogen-bond donors (Lipinski definition) is 1. The van der Waals surface area contributed by atoms with Gasteiger partial charge in [-0.3, -0.25) is 0 Å². The van der Waals surface area contributed by atoms with Crippen molar-refractivity contribution in [3.8, 4) is 11.4 Å². The number of aromatic carboxylic acids is 1. The molecule has 0 atom stereocenters. The van der Waals surface area contributed by atoms with E-state index in [0.717, 1.165) is 5.56 Å². The van der Waals surface area contributed by atoms with E-state index in [9.17, 15) is 14.3 Å². The van der Waals surface area contributed by atoms with Crippen molar-refractivity contribution in [1.82, 2.24) is 9.97 Å². The van der Waals surface area contributed by atoms with E-state index >= 15 is 0 Å². The van der Waals surface area contributed by atoms with Crippen molar-refractivity contribution in [3.05, 3.63) is 77.7 Å². The highest BCUT2D eigenvalue weighted by Crippen LogP contribution is 2.23. The lowest BCUT2D eigenvalue weighted by molar-refractivity contribution is 0.0696. The Morgan fingerprint density at radius 2 is 1.80 bits per heavy atom. The third-order valence-electron chi connectivity index (χ3n) is 3.73. The molecule has 0 saturated heterocycles. The van der Waals surface area contributed by atoms with Crippen LogP contribution >= 0.6 is 0 Å². The largest absolute Gasteiger partial charge is 0.477 e. The van der Waals surface area contributed by atoms with Crippen molar-refractivity contribution in [2.24, 2.45) is 0 Å². The molecule has 1 heterocycles. The molecule has 5 nitrogen and oxygen atoms in total. The predicted molar refractivity (Wildman–Crippen MR) is 92.9 cm³/mol. The number of benzene rings is 2. The van der Waals surface area contributed by atoms with Crippen molar-refractivity contribution in [3.63, 3.8) is 0 Å². The summed E-state index contributed by atoms with van der Waals surface area (Å²) in [6.45, 7) is 0.501. The average Bonchev–Trinajstić information content (AvgIpc) is 2.62.